The maximum atomic E-state index is 12.1. The van der Waals surface area contributed by atoms with Crippen LogP contribution in [0.4, 0.5) is 0 Å². The lowest BCUT2D eigenvalue weighted by Gasteiger charge is -2.19. The number of aryl methyl sites for hydroxylation is 5. The average Bonchev–Trinajstić information content (AvgIpc) is 3.03. The summed E-state index contributed by atoms with van der Waals surface area (Å²) in [5.41, 5.74) is -1.99. The van der Waals surface area contributed by atoms with Crippen molar-refractivity contribution in [3.8, 4) is 0 Å². The molecule has 9 N–H and O–H groups in total. The van der Waals surface area contributed by atoms with Crippen molar-refractivity contribution in [1.82, 2.24) is 47.3 Å². The van der Waals surface area contributed by atoms with E-state index in [4.69, 9.17) is 28.8 Å². The van der Waals surface area contributed by atoms with Gasteiger partial charge in [-0.1, -0.05) is 41.5 Å². The molecule has 5 aliphatic heterocycles. The van der Waals surface area contributed by atoms with Gasteiger partial charge in [-0.05, 0) is 85.0 Å². The molecule has 87 heavy (non-hydrogen) atoms. The second-order valence-corrected chi connectivity index (χ2v) is 22.8. The molecule has 5 aliphatic rings. The molecule has 0 bridgehead atoms. The zero-order valence-corrected chi connectivity index (χ0v) is 51.1. The monoisotopic (exact) mass is 1230 g/mol. The van der Waals surface area contributed by atoms with E-state index in [2.05, 4.69) is 47.6 Å². The molecule has 14 atom stereocenters. The summed E-state index contributed by atoms with van der Waals surface area (Å²) in [6.45, 7) is 19.9. The highest BCUT2D eigenvalue weighted by Gasteiger charge is 2.46. The van der Waals surface area contributed by atoms with E-state index in [1.807, 2.05) is 6.92 Å². The molecule has 5 saturated heterocycles. The molecule has 5 fully saturated rings. The van der Waals surface area contributed by atoms with Gasteiger partial charge in [0.05, 0.1) is 37.1 Å². The lowest BCUT2D eigenvalue weighted by molar-refractivity contribution is -0.194. The largest absolute Gasteiger partial charge is 0.394 e. The van der Waals surface area contributed by atoms with Gasteiger partial charge in [0.2, 0.25) is 0 Å². The van der Waals surface area contributed by atoms with Gasteiger partial charge in [-0.25, -0.2) is 24.0 Å². The number of ether oxygens (including phenoxy) is 5. The minimum absolute atomic E-state index is 0.114. The number of hydrogen-bond acceptors (Lipinski definition) is 20. The first kappa shape index (κ1) is 69.1. The number of nitrogens with zero attached hydrogens (tertiary/aromatic N) is 6. The minimum Gasteiger partial charge on any atom is -0.394 e. The van der Waals surface area contributed by atoms with E-state index < -0.39 is 88.3 Å². The molecule has 0 aromatic carbocycles. The van der Waals surface area contributed by atoms with Crippen LogP contribution in [0.2, 0.25) is 0 Å². The molecule has 10 heterocycles. The van der Waals surface area contributed by atoms with Crippen LogP contribution in [0.3, 0.4) is 0 Å². The number of hydrogen-bond donors (Lipinski definition) is 9. The number of aliphatic hydroxyl groups excluding tert-OH is 3. The molecular weight excluding hydrogens is 1140 g/mol. The molecule has 30 heteroatoms. The summed E-state index contributed by atoms with van der Waals surface area (Å²) in [6.07, 6.45) is 7.34. The first-order chi connectivity index (χ1) is 40.9. The number of aromatic nitrogens is 10. The van der Waals surface area contributed by atoms with Crippen LogP contribution in [-0.2, 0) is 30.7 Å². The van der Waals surface area contributed by atoms with Crippen molar-refractivity contribution in [2.75, 3.05) is 6.61 Å². The van der Waals surface area contributed by atoms with Crippen LogP contribution in [0.5, 0.6) is 0 Å². The van der Waals surface area contributed by atoms with Gasteiger partial charge in [-0.2, -0.15) is 0 Å². The second kappa shape index (κ2) is 29.3. The Balaban J connectivity index is 0.000000174. The molecule has 10 unspecified atom stereocenters. The number of nitrogens with one attached hydrogen (secondary N) is 4. The van der Waals surface area contributed by atoms with Crippen molar-refractivity contribution >= 4 is 0 Å². The summed E-state index contributed by atoms with van der Waals surface area (Å²) in [6, 6.07) is 0. The van der Waals surface area contributed by atoms with Gasteiger partial charge in [0.1, 0.15) is 43.3 Å². The summed E-state index contributed by atoms with van der Waals surface area (Å²) in [7, 11) is 1.50. The maximum Gasteiger partial charge on any atom is 0.332 e. The van der Waals surface area contributed by atoms with E-state index in [0.717, 1.165) is 30.3 Å². The molecule has 0 spiro atoms. The zero-order chi connectivity index (χ0) is 64.7. The highest BCUT2D eigenvalue weighted by Crippen LogP contribution is 2.37. The van der Waals surface area contributed by atoms with Crippen LogP contribution in [0.15, 0.2) is 78.9 Å². The second-order valence-electron chi connectivity index (χ2n) is 22.8. The van der Waals surface area contributed by atoms with Crippen molar-refractivity contribution in [3.05, 3.63) is 163 Å². The molecule has 0 aliphatic carbocycles. The van der Waals surface area contributed by atoms with Gasteiger partial charge in [0.25, 0.3) is 27.8 Å². The molecule has 0 saturated carbocycles. The molecule has 5 aromatic heterocycles. The summed E-state index contributed by atoms with van der Waals surface area (Å²) in [5, 5.41) is 47.7. The Morgan fingerprint density at radius 2 is 0.782 bits per heavy atom. The van der Waals surface area contributed by atoms with Gasteiger partial charge < -0.3 is 49.2 Å². The van der Waals surface area contributed by atoms with E-state index >= 15 is 0 Å². The molecule has 10 rings (SSSR count). The fraction of sp³-hybridized carbons (Fsp3) is 0.649. The first-order valence-corrected chi connectivity index (χ1v) is 29.1. The molecule has 5 aromatic rings. The van der Waals surface area contributed by atoms with Crippen LogP contribution in [0.25, 0.3) is 0 Å². The van der Waals surface area contributed by atoms with E-state index in [-0.39, 0.29) is 67.0 Å². The van der Waals surface area contributed by atoms with Crippen molar-refractivity contribution in [2.24, 2.45) is 18.9 Å². The highest BCUT2D eigenvalue weighted by molar-refractivity contribution is 5.06. The van der Waals surface area contributed by atoms with E-state index in [0.29, 0.717) is 58.9 Å². The molecule has 482 valence electrons. The molecule has 0 amide bonds. The van der Waals surface area contributed by atoms with Crippen molar-refractivity contribution in [3.63, 3.8) is 0 Å². The van der Waals surface area contributed by atoms with Crippen molar-refractivity contribution < 1.29 is 49.2 Å². The highest BCUT2D eigenvalue weighted by atomic mass is 16.6. The summed E-state index contributed by atoms with van der Waals surface area (Å²) >= 11 is 0. The Morgan fingerprint density at radius 1 is 0.460 bits per heavy atom. The van der Waals surface area contributed by atoms with Crippen LogP contribution in [0, 0.1) is 46.5 Å². The smallest absolute Gasteiger partial charge is 0.332 e. The van der Waals surface area contributed by atoms with Crippen LogP contribution < -0.4 is 56.2 Å². The molecular formula is C57H84N10O20. The average molecular weight is 1230 g/mol. The lowest BCUT2D eigenvalue weighted by Crippen LogP contribution is -2.40. The normalized spacial score (nSPS) is 27.9. The zero-order valence-electron chi connectivity index (χ0n) is 51.1. The van der Waals surface area contributed by atoms with Crippen LogP contribution in [0.1, 0.15) is 158 Å². The van der Waals surface area contributed by atoms with Gasteiger partial charge in [-0.15, -0.1) is 0 Å². The maximum absolute atomic E-state index is 12.1. The summed E-state index contributed by atoms with van der Waals surface area (Å²) < 4.78 is 35.9. The number of H-pyrrole nitrogens is 4. The van der Waals surface area contributed by atoms with Gasteiger partial charge in [-0.3, -0.25) is 71.3 Å². The molecule has 0 radical (unpaired) electrons. The Morgan fingerprint density at radius 3 is 1.10 bits per heavy atom. The molecule has 30 nitrogen and oxygen atoms in total. The SMILES string of the molecule is CCC1OC(n2cc(C)c(=O)[nH]c2=O)CC1(O)O.CCC1OC(n2cc(C)c(=O)[nH]c2=O)C[C@@H]1O.CCC1OC(n2cc(C)c(=O)[nH]c2=O)C[C@H]1C.CCC1OC(n2cc(C)c(=O)n(C)c2=O)C[C@H]1C.Cc1cn(C2C[C@H](O)C(CO)O2)c(=O)[nH]c1=O. The standard InChI is InChI=1S/C13H20N2O3.C12H18N2O3.C11H16N2O5.C11H16N2O4.C10H14N2O5/c1-5-10-8(2)6-11(18-10)15-7-9(3)12(16)14(4)13(15)17;1-4-9-7(2)5-10(17-9)14-6-8(3)11(15)13-12(14)16;1-3-7-11(16,17)4-8(18-7)13-5-6(2)9(14)12-10(13)15;1-3-8-7(14)4-9(17-8)13-5-6(2)10(15)12-11(13)16;1-5-3-12(10(16)11-9(5)15)8-2-6(14)7(4-13)17-8/h7-8,10-11H,5-6H2,1-4H3;6-7,9-10H,4-5H2,1-3H3,(H,13,15,16);5,7-8,16-17H,3-4H2,1-2H3,(H,12,14,15);5,7-9,14H,3-4H2,1-2H3,(H,12,15,16);3,6-8,13-14H,2,4H2,1H3,(H,11,15,16)/t8-,10?,11?;7-,9?,10?;;7-,8?,9?;6-,7?,8?/m11.00/s1. The first-order valence-electron chi connectivity index (χ1n) is 29.1. The van der Waals surface area contributed by atoms with Crippen molar-refractivity contribution in [2.45, 2.75) is 214 Å². The Bertz CT molecular complexity index is 3580. The Labute approximate surface area is 497 Å². The third kappa shape index (κ3) is 16.2. The minimum atomic E-state index is -1.96. The fourth-order valence-corrected chi connectivity index (χ4v) is 11.0. The van der Waals surface area contributed by atoms with E-state index in [1.54, 1.807) is 58.5 Å². The van der Waals surface area contributed by atoms with Crippen LogP contribution in [-0.4, -0.2) is 128 Å². The van der Waals surface area contributed by atoms with Gasteiger partial charge in [0, 0.05) is 85.1 Å². The van der Waals surface area contributed by atoms with E-state index in [9.17, 15) is 68.4 Å². The van der Waals surface area contributed by atoms with Crippen LogP contribution >= 0.6 is 0 Å². The van der Waals surface area contributed by atoms with Gasteiger partial charge >= 0.3 is 28.4 Å². The number of aromatic amines is 4. The van der Waals surface area contributed by atoms with Crippen molar-refractivity contribution in [1.29, 1.82) is 0 Å². The third-order valence-electron chi connectivity index (χ3n) is 16.2. The number of rotatable bonds is 10. The summed E-state index contributed by atoms with van der Waals surface area (Å²) in [5.74, 6) is -1.09. The fourth-order valence-electron chi connectivity index (χ4n) is 11.0. The van der Waals surface area contributed by atoms with Gasteiger partial charge in [0.15, 0.2) is 5.79 Å². The predicted octanol–water partition coefficient (Wildman–Crippen LogP) is -0.0198. The topological polar surface area (TPSA) is 411 Å². The Kier molecular flexibility index (Phi) is 23.3. The summed E-state index contributed by atoms with van der Waals surface area (Å²) in [4.78, 5) is 124. The Hall–Kier alpha value is -7.00. The van der Waals surface area contributed by atoms with E-state index in [1.165, 1.54) is 43.9 Å². The lowest BCUT2D eigenvalue weighted by atomic mass is 10.0. The quantitative estimate of drug-likeness (QED) is 0.0830. The third-order valence-corrected chi connectivity index (χ3v) is 16.2. The predicted molar refractivity (Wildman–Crippen MR) is 313 cm³/mol. The number of aliphatic hydroxyl groups is 5.